The van der Waals surface area contributed by atoms with Crippen molar-refractivity contribution >= 4 is 5.91 Å². The maximum absolute atomic E-state index is 13.2. The van der Waals surface area contributed by atoms with E-state index in [9.17, 15) is 4.79 Å². The van der Waals surface area contributed by atoms with Crippen molar-refractivity contribution in [1.82, 2.24) is 15.1 Å². The molecule has 28 heavy (non-hydrogen) atoms. The average molecular weight is 384 g/mol. The lowest BCUT2D eigenvalue weighted by atomic mass is 9.73. The van der Waals surface area contributed by atoms with Crippen LogP contribution in [0.1, 0.15) is 61.2 Å². The van der Waals surface area contributed by atoms with Gasteiger partial charge in [-0.05, 0) is 51.7 Å². The normalized spacial score (nSPS) is 17.3. The van der Waals surface area contributed by atoms with E-state index in [0.29, 0.717) is 6.54 Å². The highest BCUT2D eigenvalue weighted by molar-refractivity contribution is 5.80. The van der Waals surface area contributed by atoms with E-state index in [1.54, 1.807) is 0 Å². The summed E-state index contributed by atoms with van der Waals surface area (Å²) in [6, 6.07) is 10.4. The molecular weight excluding hydrogens is 350 g/mol. The highest BCUT2D eigenvalue weighted by atomic mass is 16.5. The molecule has 1 saturated heterocycles. The minimum Gasteiger partial charge on any atom is -0.381 e. The van der Waals surface area contributed by atoms with Gasteiger partial charge in [0.2, 0.25) is 5.91 Å². The Balaban J connectivity index is 1.80. The number of benzene rings is 1. The number of rotatable bonds is 7. The predicted octanol–water partition coefficient (Wildman–Crippen LogP) is 4.01. The molecule has 0 aliphatic carbocycles. The zero-order valence-corrected chi connectivity index (χ0v) is 17.6. The molecule has 1 unspecified atom stereocenters. The number of carbonyl (C=O) groups excluding carboxylic acids is 1. The van der Waals surface area contributed by atoms with Gasteiger partial charge in [-0.15, -0.1) is 0 Å². The first-order chi connectivity index (χ1) is 13.4. The van der Waals surface area contributed by atoms with Crippen LogP contribution in [0.5, 0.6) is 0 Å². The standard InChI is InChI=1S/C23H33N3O2/c1-5-7-21(26-19(4)15-18(3)25-26)22(27)24-16-23(10-12-28-13-11-23)20-9-6-8-17(2)14-20/h6,8-9,14-15,21H,5,7,10-13,16H2,1-4H3,(H,24,27). The summed E-state index contributed by atoms with van der Waals surface area (Å²) in [5.41, 5.74) is 4.47. The van der Waals surface area contributed by atoms with Gasteiger partial charge in [-0.25, -0.2) is 0 Å². The zero-order chi connectivity index (χ0) is 20.1. The van der Waals surface area contributed by atoms with E-state index >= 15 is 0 Å². The molecule has 0 saturated carbocycles. The minimum absolute atomic E-state index is 0.0616. The molecule has 152 valence electrons. The number of aryl methyl sites for hydroxylation is 3. The van der Waals surface area contributed by atoms with E-state index in [1.807, 2.05) is 24.6 Å². The van der Waals surface area contributed by atoms with Gasteiger partial charge in [0, 0.05) is 30.9 Å². The molecule has 0 radical (unpaired) electrons. The molecule has 2 aromatic rings. The van der Waals surface area contributed by atoms with Crippen LogP contribution >= 0.6 is 0 Å². The first kappa shape index (κ1) is 20.6. The lowest BCUT2D eigenvalue weighted by Gasteiger charge is -2.38. The largest absolute Gasteiger partial charge is 0.381 e. The summed E-state index contributed by atoms with van der Waals surface area (Å²) in [5.74, 6) is 0.0616. The monoisotopic (exact) mass is 383 g/mol. The van der Waals surface area contributed by atoms with Crippen molar-refractivity contribution in [3.8, 4) is 0 Å². The summed E-state index contributed by atoms with van der Waals surface area (Å²) in [7, 11) is 0. The molecule has 1 aliphatic rings. The van der Waals surface area contributed by atoms with Gasteiger partial charge < -0.3 is 10.1 Å². The van der Waals surface area contributed by atoms with Crippen molar-refractivity contribution in [2.45, 2.75) is 64.8 Å². The fourth-order valence-corrected chi connectivity index (χ4v) is 4.28. The predicted molar refractivity (Wildman–Crippen MR) is 112 cm³/mol. The minimum atomic E-state index is -0.256. The van der Waals surface area contributed by atoms with Crippen LogP contribution in [0.15, 0.2) is 30.3 Å². The molecule has 1 aromatic carbocycles. The number of amides is 1. The van der Waals surface area contributed by atoms with Crippen LogP contribution in [0.2, 0.25) is 0 Å². The van der Waals surface area contributed by atoms with Crippen LogP contribution < -0.4 is 5.32 Å². The maximum atomic E-state index is 13.2. The SMILES string of the molecule is CCCC(C(=O)NCC1(c2cccc(C)c2)CCOCC1)n1nc(C)cc1C. The Hall–Kier alpha value is -2.14. The molecule has 3 rings (SSSR count). The van der Waals surface area contributed by atoms with Gasteiger partial charge in [0.25, 0.3) is 0 Å². The molecule has 0 spiro atoms. The molecule has 0 bridgehead atoms. The summed E-state index contributed by atoms with van der Waals surface area (Å²) in [4.78, 5) is 13.2. The zero-order valence-electron chi connectivity index (χ0n) is 17.6. The van der Waals surface area contributed by atoms with Crippen molar-refractivity contribution in [2.75, 3.05) is 19.8 Å². The Morgan fingerprint density at radius 2 is 2.00 bits per heavy atom. The molecule has 1 amide bonds. The van der Waals surface area contributed by atoms with Crippen molar-refractivity contribution in [2.24, 2.45) is 0 Å². The molecule has 1 N–H and O–H groups in total. The van der Waals surface area contributed by atoms with E-state index in [4.69, 9.17) is 4.74 Å². The van der Waals surface area contributed by atoms with E-state index in [2.05, 4.69) is 48.5 Å². The summed E-state index contributed by atoms with van der Waals surface area (Å²) >= 11 is 0. The van der Waals surface area contributed by atoms with Gasteiger partial charge in [0.15, 0.2) is 0 Å². The van der Waals surface area contributed by atoms with Crippen LogP contribution in [0.3, 0.4) is 0 Å². The molecule has 1 atom stereocenters. The van der Waals surface area contributed by atoms with Crippen LogP contribution in [0, 0.1) is 20.8 Å². The number of nitrogens with one attached hydrogen (secondary N) is 1. The molecule has 5 nitrogen and oxygen atoms in total. The second-order valence-electron chi connectivity index (χ2n) is 8.16. The van der Waals surface area contributed by atoms with Crippen LogP contribution in [0.4, 0.5) is 0 Å². The average Bonchev–Trinajstić information content (AvgIpc) is 3.02. The van der Waals surface area contributed by atoms with Crippen LogP contribution in [0.25, 0.3) is 0 Å². The Labute approximate surface area is 168 Å². The third kappa shape index (κ3) is 4.46. The molecule has 1 aromatic heterocycles. The van der Waals surface area contributed by atoms with Gasteiger partial charge in [-0.3, -0.25) is 9.48 Å². The van der Waals surface area contributed by atoms with Crippen molar-refractivity contribution in [3.05, 3.63) is 52.8 Å². The highest BCUT2D eigenvalue weighted by Gasteiger charge is 2.35. The van der Waals surface area contributed by atoms with E-state index in [0.717, 1.165) is 50.3 Å². The Bertz CT molecular complexity index is 806. The number of hydrogen-bond donors (Lipinski definition) is 1. The highest BCUT2D eigenvalue weighted by Crippen LogP contribution is 2.35. The first-order valence-electron chi connectivity index (χ1n) is 10.4. The topological polar surface area (TPSA) is 56.1 Å². The maximum Gasteiger partial charge on any atom is 0.244 e. The lowest BCUT2D eigenvalue weighted by molar-refractivity contribution is -0.125. The van der Waals surface area contributed by atoms with Gasteiger partial charge >= 0.3 is 0 Å². The number of carbonyl (C=O) groups is 1. The molecule has 2 heterocycles. The third-order valence-corrected chi connectivity index (χ3v) is 5.89. The van der Waals surface area contributed by atoms with Crippen LogP contribution in [-0.4, -0.2) is 35.4 Å². The number of nitrogens with zero attached hydrogens (tertiary/aromatic N) is 2. The van der Waals surface area contributed by atoms with Gasteiger partial charge in [-0.2, -0.15) is 5.10 Å². The second-order valence-corrected chi connectivity index (χ2v) is 8.16. The van der Waals surface area contributed by atoms with Gasteiger partial charge in [-0.1, -0.05) is 43.2 Å². The van der Waals surface area contributed by atoms with E-state index in [-0.39, 0.29) is 17.4 Å². The second kappa shape index (κ2) is 8.91. The molecule has 1 fully saturated rings. The van der Waals surface area contributed by atoms with E-state index < -0.39 is 0 Å². The van der Waals surface area contributed by atoms with Crippen LogP contribution in [-0.2, 0) is 14.9 Å². The Kier molecular flexibility index (Phi) is 6.55. The third-order valence-electron chi connectivity index (χ3n) is 5.89. The van der Waals surface area contributed by atoms with Gasteiger partial charge in [0.1, 0.15) is 6.04 Å². The summed E-state index contributed by atoms with van der Waals surface area (Å²) in [6.07, 6.45) is 3.58. The smallest absolute Gasteiger partial charge is 0.244 e. The quantitative estimate of drug-likeness (QED) is 0.786. The number of hydrogen-bond acceptors (Lipinski definition) is 3. The molecule has 5 heteroatoms. The summed E-state index contributed by atoms with van der Waals surface area (Å²) in [5, 5.41) is 7.84. The number of aromatic nitrogens is 2. The summed E-state index contributed by atoms with van der Waals surface area (Å²) < 4.78 is 7.52. The number of ether oxygens (including phenoxy) is 1. The Morgan fingerprint density at radius 3 is 2.61 bits per heavy atom. The Morgan fingerprint density at radius 1 is 1.25 bits per heavy atom. The lowest BCUT2D eigenvalue weighted by Crippen LogP contribution is -2.46. The van der Waals surface area contributed by atoms with Crippen molar-refractivity contribution in [3.63, 3.8) is 0 Å². The fraction of sp³-hybridized carbons (Fsp3) is 0.565. The van der Waals surface area contributed by atoms with E-state index in [1.165, 1.54) is 11.1 Å². The summed E-state index contributed by atoms with van der Waals surface area (Å²) in [6.45, 7) is 10.3. The molecular formula is C23H33N3O2. The fourth-order valence-electron chi connectivity index (χ4n) is 4.28. The van der Waals surface area contributed by atoms with Crippen molar-refractivity contribution in [1.29, 1.82) is 0 Å². The van der Waals surface area contributed by atoms with Gasteiger partial charge in [0.05, 0.1) is 5.69 Å². The van der Waals surface area contributed by atoms with Crippen molar-refractivity contribution < 1.29 is 9.53 Å². The molecule has 1 aliphatic heterocycles. The first-order valence-corrected chi connectivity index (χ1v) is 10.4.